The molecule has 7 heteroatoms. The van der Waals surface area contributed by atoms with Gasteiger partial charge >= 0.3 is 0 Å². The van der Waals surface area contributed by atoms with Gasteiger partial charge in [-0.15, -0.1) is 11.3 Å². The van der Waals surface area contributed by atoms with Gasteiger partial charge in [0.15, 0.2) is 0 Å². The van der Waals surface area contributed by atoms with Crippen molar-refractivity contribution < 1.29 is 14.0 Å². The number of benzene rings is 2. The van der Waals surface area contributed by atoms with Gasteiger partial charge in [-0.05, 0) is 36.4 Å². The van der Waals surface area contributed by atoms with Crippen LogP contribution >= 0.6 is 11.3 Å². The molecule has 0 radical (unpaired) electrons. The number of hydrogen-bond acceptors (Lipinski definition) is 4. The van der Waals surface area contributed by atoms with Gasteiger partial charge in [0.2, 0.25) is 5.91 Å². The van der Waals surface area contributed by atoms with Crippen LogP contribution in [0, 0.1) is 5.82 Å². The lowest BCUT2D eigenvalue weighted by Crippen LogP contribution is -2.25. The first-order valence-corrected chi connectivity index (χ1v) is 9.25. The molecule has 2 amide bonds. The minimum absolute atomic E-state index is 0.110. The van der Waals surface area contributed by atoms with Gasteiger partial charge < -0.3 is 10.6 Å². The molecule has 1 aromatic heterocycles. The molecule has 0 aliphatic heterocycles. The second-order valence-corrected chi connectivity index (χ2v) is 6.84. The first-order chi connectivity index (χ1) is 13.0. The van der Waals surface area contributed by atoms with E-state index in [1.54, 1.807) is 0 Å². The van der Waals surface area contributed by atoms with Gasteiger partial charge in [0, 0.05) is 42.1 Å². The van der Waals surface area contributed by atoms with Gasteiger partial charge in [0.05, 0.1) is 10.7 Å². The van der Waals surface area contributed by atoms with Crippen LogP contribution in [0.2, 0.25) is 0 Å². The Labute approximate surface area is 160 Å². The molecule has 0 saturated heterocycles. The number of anilines is 1. The average Bonchev–Trinajstić information content (AvgIpc) is 3.11. The van der Waals surface area contributed by atoms with Crippen molar-refractivity contribution in [2.45, 2.75) is 13.3 Å². The number of hydrogen-bond donors (Lipinski definition) is 2. The van der Waals surface area contributed by atoms with Gasteiger partial charge in [-0.25, -0.2) is 9.37 Å². The molecule has 3 aromatic rings. The maximum absolute atomic E-state index is 12.9. The third-order valence-electron chi connectivity index (χ3n) is 3.78. The van der Waals surface area contributed by atoms with E-state index in [4.69, 9.17) is 0 Å². The molecule has 5 nitrogen and oxygen atoms in total. The highest BCUT2D eigenvalue weighted by molar-refractivity contribution is 7.09. The summed E-state index contributed by atoms with van der Waals surface area (Å²) in [5, 5.41) is 8.41. The van der Waals surface area contributed by atoms with E-state index >= 15 is 0 Å². The van der Waals surface area contributed by atoms with Crippen molar-refractivity contribution in [1.29, 1.82) is 0 Å². The van der Waals surface area contributed by atoms with Crippen molar-refractivity contribution in [2.24, 2.45) is 0 Å². The molecule has 1 heterocycles. The quantitative estimate of drug-likeness (QED) is 0.679. The fraction of sp³-hybridized carbons (Fsp3) is 0.150. The molecule has 2 N–H and O–H groups in total. The highest BCUT2D eigenvalue weighted by Gasteiger charge is 2.08. The second kappa shape index (κ2) is 8.55. The SMILES string of the molecule is CC(=O)Nc1ccc(-c2csc(CCNC(=O)c3ccc(F)cc3)n2)cc1. The number of carbonyl (C=O) groups excluding carboxylic acids is 2. The van der Waals surface area contributed by atoms with E-state index in [9.17, 15) is 14.0 Å². The Morgan fingerprint density at radius 1 is 1.07 bits per heavy atom. The van der Waals surface area contributed by atoms with Crippen molar-refractivity contribution in [3.05, 3.63) is 70.3 Å². The summed E-state index contributed by atoms with van der Waals surface area (Å²) in [5.41, 5.74) is 2.98. The third kappa shape index (κ3) is 5.21. The zero-order chi connectivity index (χ0) is 19.2. The zero-order valence-corrected chi connectivity index (χ0v) is 15.5. The van der Waals surface area contributed by atoms with Crippen LogP contribution in [0.5, 0.6) is 0 Å². The first kappa shape index (κ1) is 18.7. The predicted molar refractivity (Wildman–Crippen MR) is 104 cm³/mol. The molecule has 0 spiro atoms. The Balaban J connectivity index is 1.54. The van der Waals surface area contributed by atoms with E-state index in [0.29, 0.717) is 18.5 Å². The van der Waals surface area contributed by atoms with Gasteiger partial charge in [-0.3, -0.25) is 9.59 Å². The molecule has 0 saturated carbocycles. The normalized spacial score (nSPS) is 10.4. The van der Waals surface area contributed by atoms with Crippen molar-refractivity contribution in [3.63, 3.8) is 0 Å². The second-order valence-electron chi connectivity index (χ2n) is 5.90. The Kier molecular flexibility index (Phi) is 5.93. The topological polar surface area (TPSA) is 71.1 Å². The lowest BCUT2D eigenvalue weighted by Gasteiger charge is -2.04. The average molecular weight is 383 g/mol. The van der Waals surface area contributed by atoms with Crippen molar-refractivity contribution in [3.8, 4) is 11.3 Å². The van der Waals surface area contributed by atoms with Crippen LogP contribution in [-0.4, -0.2) is 23.3 Å². The zero-order valence-electron chi connectivity index (χ0n) is 14.7. The van der Waals surface area contributed by atoms with Crippen molar-refractivity contribution in [1.82, 2.24) is 10.3 Å². The van der Waals surface area contributed by atoms with E-state index in [-0.39, 0.29) is 17.6 Å². The number of nitrogens with zero attached hydrogens (tertiary/aromatic N) is 1. The lowest BCUT2D eigenvalue weighted by molar-refractivity contribution is -0.114. The number of thiazole rings is 1. The molecule has 138 valence electrons. The Morgan fingerprint density at radius 2 is 1.78 bits per heavy atom. The summed E-state index contributed by atoms with van der Waals surface area (Å²) in [6.45, 7) is 1.92. The van der Waals surface area contributed by atoms with Crippen LogP contribution in [0.1, 0.15) is 22.3 Å². The monoisotopic (exact) mass is 383 g/mol. The Morgan fingerprint density at radius 3 is 2.44 bits per heavy atom. The molecule has 27 heavy (non-hydrogen) atoms. The summed E-state index contributed by atoms with van der Waals surface area (Å²) in [4.78, 5) is 27.6. The fourth-order valence-electron chi connectivity index (χ4n) is 2.47. The molecule has 0 atom stereocenters. The number of aromatic nitrogens is 1. The van der Waals surface area contributed by atoms with E-state index < -0.39 is 0 Å². The summed E-state index contributed by atoms with van der Waals surface area (Å²) >= 11 is 1.53. The van der Waals surface area contributed by atoms with E-state index in [2.05, 4.69) is 15.6 Å². The van der Waals surface area contributed by atoms with Crippen LogP contribution in [0.25, 0.3) is 11.3 Å². The molecular formula is C20H18FN3O2S. The Hall–Kier alpha value is -3.06. The molecular weight excluding hydrogens is 365 g/mol. The summed E-state index contributed by atoms with van der Waals surface area (Å²) in [6, 6.07) is 12.9. The van der Waals surface area contributed by atoms with Gasteiger partial charge in [-0.1, -0.05) is 12.1 Å². The number of carbonyl (C=O) groups is 2. The predicted octanol–water partition coefficient (Wildman–Crippen LogP) is 3.88. The van der Waals surface area contributed by atoms with Gasteiger partial charge in [0.1, 0.15) is 5.82 Å². The van der Waals surface area contributed by atoms with Gasteiger partial charge in [0.25, 0.3) is 5.91 Å². The summed E-state index contributed by atoms with van der Waals surface area (Å²) < 4.78 is 12.9. The maximum Gasteiger partial charge on any atom is 0.251 e. The molecule has 0 aliphatic carbocycles. The Bertz CT molecular complexity index is 937. The van der Waals surface area contributed by atoms with E-state index in [1.807, 2.05) is 29.6 Å². The first-order valence-electron chi connectivity index (χ1n) is 8.37. The molecule has 0 fully saturated rings. The standard InChI is InChI=1S/C20H18FN3O2S/c1-13(25)23-17-8-4-14(5-9-17)18-12-27-19(24-18)10-11-22-20(26)15-2-6-16(21)7-3-15/h2-9,12H,10-11H2,1H3,(H,22,26)(H,23,25). The minimum Gasteiger partial charge on any atom is -0.352 e. The third-order valence-corrected chi connectivity index (χ3v) is 4.69. The summed E-state index contributed by atoms with van der Waals surface area (Å²) in [6.07, 6.45) is 0.613. The van der Waals surface area contributed by atoms with Crippen molar-refractivity contribution >= 4 is 28.8 Å². The molecule has 2 aromatic carbocycles. The van der Waals surface area contributed by atoms with Gasteiger partial charge in [-0.2, -0.15) is 0 Å². The summed E-state index contributed by atoms with van der Waals surface area (Å²) in [5.74, 6) is -0.714. The summed E-state index contributed by atoms with van der Waals surface area (Å²) in [7, 11) is 0. The lowest BCUT2D eigenvalue weighted by atomic mass is 10.1. The van der Waals surface area contributed by atoms with Crippen LogP contribution in [0.4, 0.5) is 10.1 Å². The molecule has 0 unspecified atom stereocenters. The van der Waals surface area contributed by atoms with Crippen LogP contribution in [-0.2, 0) is 11.2 Å². The van der Waals surface area contributed by atoms with Crippen LogP contribution in [0.3, 0.4) is 0 Å². The smallest absolute Gasteiger partial charge is 0.251 e. The maximum atomic E-state index is 12.9. The highest BCUT2D eigenvalue weighted by atomic mass is 32.1. The fourth-order valence-corrected chi connectivity index (χ4v) is 3.28. The molecule has 0 bridgehead atoms. The number of nitrogens with one attached hydrogen (secondary N) is 2. The van der Waals surface area contributed by atoms with Crippen LogP contribution < -0.4 is 10.6 Å². The number of rotatable bonds is 6. The van der Waals surface area contributed by atoms with Crippen LogP contribution in [0.15, 0.2) is 53.9 Å². The minimum atomic E-state index is -0.369. The largest absolute Gasteiger partial charge is 0.352 e. The van der Waals surface area contributed by atoms with E-state index in [1.165, 1.54) is 42.5 Å². The number of halogens is 1. The molecule has 0 aliphatic rings. The van der Waals surface area contributed by atoms with E-state index in [0.717, 1.165) is 22.0 Å². The number of amides is 2. The highest BCUT2D eigenvalue weighted by Crippen LogP contribution is 2.23. The molecule has 3 rings (SSSR count). The van der Waals surface area contributed by atoms with Crippen molar-refractivity contribution in [2.75, 3.05) is 11.9 Å².